The molecular formula is C10H12FNO2. The van der Waals surface area contributed by atoms with Crippen LogP contribution in [-0.4, -0.2) is 25.5 Å². The molecule has 0 unspecified atom stereocenters. The summed E-state index contributed by atoms with van der Waals surface area (Å²) in [4.78, 5) is 11.3. The highest BCUT2D eigenvalue weighted by Gasteiger charge is 2.09. The highest BCUT2D eigenvalue weighted by atomic mass is 19.1. The summed E-state index contributed by atoms with van der Waals surface area (Å²) in [6, 6.07) is 5.83. The Morgan fingerprint density at radius 2 is 2.14 bits per heavy atom. The summed E-state index contributed by atoms with van der Waals surface area (Å²) in [6.07, 6.45) is 0. The van der Waals surface area contributed by atoms with Gasteiger partial charge in [0.1, 0.15) is 12.4 Å². The highest BCUT2D eigenvalue weighted by Crippen LogP contribution is 2.06. The predicted octanol–water partition coefficient (Wildman–Crippen LogP) is 0.984. The van der Waals surface area contributed by atoms with Crippen LogP contribution in [0.2, 0.25) is 0 Å². The molecule has 0 fully saturated rings. The largest absolute Gasteiger partial charge is 0.372 e. The van der Waals surface area contributed by atoms with Crippen molar-refractivity contribution in [3.8, 4) is 0 Å². The van der Waals surface area contributed by atoms with Crippen LogP contribution in [0.5, 0.6) is 0 Å². The minimum atomic E-state index is -0.520. The maximum atomic E-state index is 13.0. The Morgan fingerprint density at radius 3 is 2.79 bits per heavy atom. The second-order valence-corrected chi connectivity index (χ2v) is 2.74. The van der Waals surface area contributed by atoms with Gasteiger partial charge in [-0.1, -0.05) is 12.1 Å². The average molecular weight is 197 g/mol. The van der Waals surface area contributed by atoms with E-state index in [9.17, 15) is 9.18 Å². The van der Waals surface area contributed by atoms with Crippen molar-refractivity contribution in [2.24, 2.45) is 5.73 Å². The fourth-order valence-electron chi connectivity index (χ4n) is 1.01. The van der Waals surface area contributed by atoms with Crippen molar-refractivity contribution < 1.29 is 13.9 Å². The molecule has 0 aromatic heterocycles. The van der Waals surface area contributed by atoms with E-state index < -0.39 is 5.82 Å². The Hall–Kier alpha value is -1.26. The van der Waals surface area contributed by atoms with Crippen LogP contribution in [0.1, 0.15) is 10.4 Å². The molecule has 0 spiro atoms. The highest BCUT2D eigenvalue weighted by molar-refractivity contribution is 5.97. The Bertz CT molecular complexity index is 315. The van der Waals surface area contributed by atoms with Crippen LogP contribution in [0.15, 0.2) is 24.3 Å². The van der Waals surface area contributed by atoms with Gasteiger partial charge >= 0.3 is 0 Å². The van der Waals surface area contributed by atoms with Crippen LogP contribution in [0, 0.1) is 5.82 Å². The summed E-state index contributed by atoms with van der Waals surface area (Å²) in [5.41, 5.74) is 5.23. The van der Waals surface area contributed by atoms with Gasteiger partial charge in [-0.15, -0.1) is 0 Å². The van der Waals surface area contributed by atoms with Gasteiger partial charge in [-0.2, -0.15) is 0 Å². The summed E-state index contributed by atoms with van der Waals surface area (Å²) >= 11 is 0. The van der Waals surface area contributed by atoms with Crippen LogP contribution in [0.25, 0.3) is 0 Å². The van der Waals surface area contributed by atoms with Gasteiger partial charge in [0.15, 0.2) is 5.78 Å². The van der Waals surface area contributed by atoms with Gasteiger partial charge < -0.3 is 10.5 Å². The van der Waals surface area contributed by atoms with E-state index in [1.54, 1.807) is 6.07 Å². The smallest absolute Gasteiger partial charge is 0.191 e. The van der Waals surface area contributed by atoms with E-state index in [4.69, 9.17) is 10.5 Å². The van der Waals surface area contributed by atoms with Crippen LogP contribution < -0.4 is 5.73 Å². The third-order valence-electron chi connectivity index (χ3n) is 1.67. The van der Waals surface area contributed by atoms with Gasteiger partial charge in [0.2, 0.25) is 0 Å². The van der Waals surface area contributed by atoms with E-state index in [1.165, 1.54) is 18.2 Å². The lowest BCUT2D eigenvalue weighted by Crippen LogP contribution is -2.15. The number of halogens is 1. The SMILES string of the molecule is NCCOCC(=O)c1ccccc1F. The van der Waals surface area contributed by atoms with Crippen LogP contribution in [0.3, 0.4) is 0 Å². The van der Waals surface area contributed by atoms with Crippen molar-refractivity contribution in [2.75, 3.05) is 19.8 Å². The molecule has 0 atom stereocenters. The Morgan fingerprint density at radius 1 is 1.43 bits per heavy atom. The molecular weight excluding hydrogens is 185 g/mol. The lowest BCUT2D eigenvalue weighted by Gasteiger charge is -2.02. The molecule has 3 nitrogen and oxygen atoms in total. The molecule has 0 saturated heterocycles. The Kier molecular flexibility index (Phi) is 4.22. The van der Waals surface area contributed by atoms with Gasteiger partial charge in [-0.3, -0.25) is 4.79 Å². The van der Waals surface area contributed by atoms with E-state index >= 15 is 0 Å². The van der Waals surface area contributed by atoms with Gasteiger partial charge in [0.05, 0.1) is 12.2 Å². The molecule has 14 heavy (non-hydrogen) atoms. The van der Waals surface area contributed by atoms with Crippen LogP contribution >= 0.6 is 0 Å². The summed E-state index contributed by atoms with van der Waals surface area (Å²) in [6.45, 7) is 0.531. The molecule has 76 valence electrons. The normalized spacial score (nSPS) is 10.1. The van der Waals surface area contributed by atoms with E-state index in [0.717, 1.165) is 0 Å². The monoisotopic (exact) mass is 197 g/mol. The first-order valence-electron chi connectivity index (χ1n) is 4.31. The van der Waals surface area contributed by atoms with E-state index in [2.05, 4.69) is 0 Å². The van der Waals surface area contributed by atoms with Crippen molar-refractivity contribution >= 4 is 5.78 Å². The molecule has 0 saturated carbocycles. The van der Waals surface area contributed by atoms with Crippen molar-refractivity contribution in [3.63, 3.8) is 0 Å². The Balaban J connectivity index is 2.56. The summed E-state index contributed by atoms with van der Waals surface area (Å²) in [5, 5.41) is 0. The molecule has 1 rings (SSSR count). The van der Waals surface area contributed by atoms with Crippen LogP contribution in [0.4, 0.5) is 4.39 Å². The minimum Gasteiger partial charge on any atom is -0.372 e. The molecule has 1 aromatic rings. The lowest BCUT2D eigenvalue weighted by molar-refractivity contribution is 0.0770. The maximum Gasteiger partial charge on any atom is 0.191 e. The van der Waals surface area contributed by atoms with Gasteiger partial charge in [0.25, 0.3) is 0 Å². The predicted molar refractivity (Wildman–Crippen MR) is 50.6 cm³/mol. The summed E-state index contributed by atoms with van der Waals surface area (Å²) in [5.74, 6) is -0.884. The van der Waals surface area contributed by atoms with Crippen molar-refractivity contribution in [1.82, 2.24) is 0 Å². The standard InChI is InChI=1S/C10H12FNO2/c11-9-4-2-1-3-8(9)10(13)7-14-6-5-12/h1-4H,5-7,12H2. The maximum absolute atomic E-state index is 13.0. The summed E-state index contributed by atoms with van der Waals surface area (Å²) < 4.78 is 18.0. The number of ketones is 1. The van der Waals surface area contributed by atoms with E-state index in [0.29, 0.717) is 13.2 Å². The number of hydrogen-bond acceptors (Lipinski definition) is 3. The molecule has 0 bridgehead atoms. The third-order valence-corrected chi connectivity index (χ3v) is 1.67. The Labute approximate surface area is 81.7 Å². The number of carbonyl (C=O) groups is 1. The van der Waals surface area contributed by atoms with Gasteiger partial charge in [0, 0.05) is 6.54 Å². The molecule has 4 heteroatoms. The molecule has 2 N–H and O–H groups in total. The lowest BCUT2D eigenvalue weighted by atomic mass is 10.1. The molecule has 0 aliphatic rings. The van der Waals surface area contributed by atoms with Crippen LogP contribution in [-0.2, 0) is 4.74 Å². The zero-order chi connectivity index (χ0) is 10.4. The fourth-order valence-corrected chi connectivity index (χ4v) is 1.01. The first kappa shape index (κ1) is 10.8. The quantitative estimate of drug-likeness (QED) is 0.565. The van der Waals surface area contributed by atoms with E-state index in [1.807, 2.05) is 0 Å². The topological polar surface area (TPSA) is 52.3 Å². The minimum absolute atomic E-state index is 0.0597. The first-order chi connectivity index (χ1) is 6.75. The molecule has 1 aromatic carbocycles. The number of ether oxygens (including phenoxy) is 1. The average Bonchev–Trinajstić information content (AvgIpc) is 2.18. The second-order valence-electron chi connectivity index (χ2n) is 2.74. The molecule has 0 aliphatic heterocycles. The number of benzene rings is 1. The van der Waals surface area contributed by atoms with Crippen molar-refractivity contribution in [2.45, 2.75) is 0 Å². The first-order valence-corrected chi connectivity index (χ1v) is 4.31. The number of Topliss-reactive ketones (excluding diaryl/α,β-unsaturated/α-hetero) is 1. The molecule has 0 amide bonds. The number of rotatable bonds is 5. The van der Waals surface area contributed by atoms with Crippen molar-refractivity contribution in [3.05, 3.63) is 35.6 Å². The number of carbonyl (C=O) groups excluding carboxylic acids is 1. The molecule has 0 radical (unpaired) electrons. The molecule has 0 aliphatic carbocycles. The summed E-state index contributed by atoms with van der Waals surface area (Å²) in [7, 11) is 0. The molecule has 0 heterocycles. The van der Waals surface area contributed by atoms with Crippen molar-refractivity contribution in [1.29, 1.82) is 0 Å². The van der Waals surface area contributed by atoms with Gasteiger partial charge in [-0.25, -0.2) is 4.39 Å². The number of hydrogen-bond donors (Lipinski definition) is 1. The van der Waals surface area contributed by atoms with E-state index in [-0.39, 0.29) is 18.0 Å². The van der Waals surface area contributed by atoms with Gasteiger partial charge in [-0.05, 0) is 12.1 Å². The number of nitrogens with two attached hydrogens (primary N) is 1. The zero-order valence-corrected chi connectivity index (χ0v) is 7.70. The fraction of sp³-hybridized carbons (Fsp3) is 0.300. The second kappa shape index (κ2) is 5.47. The third kappa shape index (κ3) is 2.90. The zero-order valence-electron chi connectivity index (χ0n) is 7.70.